The Bertz CT molecular complexity index is 1120. The molecular formula is C66H127NO5. The molecule has 0 saturated heterocycles. The van der Waals surface area contributed by atoms with E-state index >= 15 is 0 Å². The van der Waals surface area contributed by atoms with Gasteiger partial charge in [-0.2, -0.15) is 0 Å². The van der Waals surface area contributed by atoms with E-state index in [0.717, 1.165) is 51.4 Å². The number of hydrogen-bond donors (Lipinski definition) is 3. The summed E-state index contributed by atoms with van der Waals surface area (Å²) >= 11 is 0. The standard InChI is InChI=1S/C66H127NO5/c1-3-5-7-9-11-13-15-17-19-20-21-24-27-31-34-38-42-46-50-54-58-64(69)63(62-68)67-65(70)59-55-51-47-43-39-35-32-28-25-22-23-26-29-33-37-41-45-49-53-57-61-72-66(71)60-56-52-48-44-40-36-30-18-16-14-12-10-8-6-4-2/h12,14,18,30,63-64,68-69H,3-11,13,15-17,19-29,31-62H2,1-2H3,(H,67,70)/b14-12-,30-18-. The Kier molecular flexibility index (Phi) is 60.5. The van der Waals surface area contributed by atoms with Gasteiger partial charge >= 0.3 is 5.97 Å². The summed E-state index contributed by atoms with van der Waals surface area (Å²) < 4.78 is 5.48. The lowest BCUT2D eigenvalue weighted by molar-refractivity contribution is -0.143. The first-order chi connectivity index (χ1) is 35.5. The van der Waals surface area contributed by atoms with E-state index in [2.05, 4.69) is 43.5 Å². The molecule has 2 atom stereocenters. The zero-order valence-corrected chi connectivity index (χ0v) is 48.7. The summed E-state index contributed by atoms with van der Waals surface area (Å²) in [5, 5.41) is 23.4. The molecule has 0 aliphatic heterocycles. The van der Waals surface area contributed by atoms with Crippen molar-refractivity contribution in [3.05, 3.63) is 24.3 Å². The van der Waals surface area contributed by atoms with Crippen LogP contribution < -0.4 is 5.32 Å². The summed E-state index contributed by atoms with van der Waals surface area (Å²) in [6.45, 7) is 4.95. The third-order valence-electron chi connectivity index (χ3n) is 15.3. The number of hydrogen-bond acceptors (Lipinski definition) is 5. The topological polar surface area (TPSA) is 95.9 Å². The maximum absolute atomic E-state index is 12.5. The number of carbonyl (C=O) groups excluding carboxylic acids is 2. The van der Waals surface area contributed by atoms with Gasteiger partial charge in [-0.15, -0.1) is 0 Å². The highest BCUT2D eigenvalue weighted by Gasteiger charge is 2.20. The number of aliphatic hydroxyl groups excluding tert-OH is 2. The van der Waals surface area contributed by atoms with E-state index in [0.29, 0.717) is 25.9 Å². The molecule has 0 aromatic carbocycles. The van der Waals surface area contributed by atoms with E-state index in [1.807, 2.05) is 0 Å². The number of amides is 1. The van der Waals surface area contributed by atoms with Gasteiger partial charge in [0.2, 0.25) is 5.91 Å². The van der Waals surface area contributed by atoms with Crippen LogP contribution in [0.15, 0.2) is 24.3 Å². The monoisotopic (exact) mass is 1010 g/mol. The molecule has 0 spiro atoms. The van der Waals surface area contributed by atoms with Crippen molar-refractivity contribution in [2.75, 3.05) is 13.2 Å². The second-order valence-corrected chi connectivity index (χ2v) is 22.5. The van der Waals surface area contributed by atoms with Gasteiger partial charge in [-0.25, -0.2) is 0 Å². The van der Waals surface area contributed by atoms with Crippen molar-refractivity contribution in [2.24, 2.45) is 0 Å². The molecule has 0 heterocycles. The molecule has 0 aliphatic carbocycles. The van der Waals surface area contributed by atoms with Crippen LogP contribution in [0.3, 0.4) is 0 Å². The van der Waals surface area contributed by atoms with Crippen LogP contribution in [-0.2, 0) is 14.3 Å². The molecule has 426 valence electrons. The van der Waals surface area contributed by atoms with Crippen molar-refractivity contribution in [3.8, 4) is 0 Å². The Hall–Kier alpha value is -1.66. The molecular weight excluding hydrogens is 887 g/mol. The number of ether oxygens (including phenoxy) is 1. The maximum atomic E-state index is 12.5. The number of esters is 1. The van der Waals surface area contributed by atoms with Gasteiger partial charge in [0.1, 0.15) is 0 Å². The Balaban J connectivity index is 3.40. The number of unbranched alkanes of at least 4 members (excludes halogenated alkanes) is 46. The molecule has 0 aliphatic rings. The summed E-state index contributed by atoms with van der Waals surface area (Å²) in [5.74, 6) is -0.0361. The van der Waals surface area contributed by atoms with Crippen LogP contribution in [0.4, 0.5) is 0 Å². The van der Waals surface area contributed by atoms with Gasteiger partial charge in [-0.05, 0) is 57.8 Å². The SMILES string of the molecule is CCCCC/C=C\C/C=C\CCCCCCCC(=O)OCCCCCCCCCCCCCCCCCCCCCCC(=O)NC(CO)C(O)CCCCCCCCCCCCCCCCCCCCCC. The van der Waals surface area contributed by atoms with Crippen LogP contribution >= 0.6 is 0 Å². The van der Waals surface area contributed by atoms with Crippen LogP contribution in [0.1, 0.15) is 361 Å². The van der Waals surface area contributed by atoms with Crippen LogP contribution in [0, 0.1) is 0 Å². The fourth-order valence-electron chi connectivity index (χ4n) is 10.3. The highest BCUT2D eigenvalue weighted by Crippen LogP contribution is 2.18. The number of allylic oxidation sites excluding steroid dienone is 4. The first-order valence-electron chi connectivity index (χ1n) is 32.6. The second-order valence-electron chi connectivity index (χ2n) is 22.5. The third-order valence-corrected chi connectivity index (χ3v) is 15.3. The predicted molar refractivity (Wildman–Crippen MR) is 315 cm³/mol. The largest absolute Gasteiger partial charge is 0.466 e. The fraction of sp³-hybridized carbons (Fsp3) is 0.909. The Labute approximate surface area is 450 Å². The van der Waals surface area contributed by atoms with Crippen molar-refractivity contribution in [2.45, 2.75) is 373 Å². The molecule has 6 nitrogen and oxygen atoms in total. The molecule has 0 aromatic heterocycles. The van der Waals surface area contributed by atoms with E-state index in [4.69, 9.17) is 4.74 Å². The van der Waals surface area contributed by atoms with Crippen molar-refractivity contribution in [1.82, 2.24) is 5.32 Å². The molecule has 0 fully saturated rings. The molecule has 0 saturated carbocycles. The number of aliphatic hydroxyl groups is 2. The summed E-state index contributed by atoms with van der Waals surface area (Å²) in [4.78, 5) is 24.6. The zero-order chi connectivity index (χ0) is 52.2. The minimum atomic E-state index is -0.667. The Morgan fingerprint density at radius 2 is 0.694 bits per heavy atom. The average molecular weight is 1010 g/mol. The summed E-state index contributed by atoms with van der Waals surface area (Å²) in [6, 6.07) is -0.544. The van der Waals surface area contributed by atoms with E-state index < -0.39 is 12.1 Å². The predicted octanol–water partition coefficient (Wildman–Crippen LogP) is 20.6. The number of nitrogens with one attached hydrogen (secondary N) is 1. The van der Waals surface area contributed by atoms with Gasteiger partial charge in [-0.1, -0.05) is 314 Å². The summed E-state index contributed by atoms with van der Waals surface area (Å²) in [7, 11) is 0. The molecule has 72 heavy (non-hydrogen) atoms. The lowest BCUT2D eigenvalue weighted by Crippen LogP contribution is -2.45. The highest BCUT2D eigenvalue weighted by molar-refractivity contribution is 5.76. The maximum Gasteiger partial charge on any atom is 0.305 e. The zero-order valence-electron chi connectivity index (χ0n) is 48.7. The van der Waals surface area contributed by atoms with Crippen LogP contribution in [-0.4, -0.2) is 47.4 Å². The normalized spacial score (nSPS) is 12.7. The van der Waals surface area contributed by atoms with E-state index in [1.165, 1.54) is 276 Å². The molecule has 0 radical (unpaired) electrons. The van der Waals surface area contributed by atoms with Gasteiger partial charge in [0.05, 0.1) is 25.4 Å². The Morgan fingerprint density at radius 3 is 1.08 bits per heavy atom. The first kappa shape index (κ1) is 70.3. The minimum Gasteiger partial charge on any atom is -0.466 e. The summed E-state index contributed by atoms with van der Waals surface area (Å²) in [5.41, 5.74) is 0. The molecule has 0 rings (SSSR count). The van der Waals surface area contributed by atoms with E-state index in [9.17, 15) is 19.8 Å². The molecule has 2 unspecified atom stereocenters. The lowest BCUT2D eigenvalue weighted by Gasteiger charge is -2.22. The minimum absolute atomic E-state index is 0.00263. The van der Waals surface area contributed by atoms with Crippen molar-refractivity contribution >= 4 is 11.9 Å². The molecule has 3 N–H and O–H groups in total. The van der Waals surface area contributed by atoms with Crippen LogP contribution in [0.25, 0.3) is 0 Å². The lowest BCUT2D eigenvalue weighted by atomic mass is 10.0. The van der Waals surface area contributed by atoms with Crippen molar-refractivity contribution < 1.29 is 24.5 Å². The van der Waals surface area contributed by atoms with E-state index in [1.54, 1.807) is 0 Å². The fourth-order valence-corrected chi connectivity index (χ4v) is 10.3. The molecule has 0 bridgehead atoms. The second kappa shape index (κ2) is 61.9. The van der Waals surface area contributed by atoms with Gasteiger partial charge in [0.25, 0.3) is 0 Å². The number of rotatable bonds is 61. The van der Waals surface area contributed by atoms with Gasteiger partial charge in [0, 0.05) is 12.8 Å². The third kappa shape index (κ3) is 57.6. The summed E-state index contributed by atoms with van der Waals surface area (Å²) in [6.07, 6.45) is 76.2. The van der Waals surface area contributed by atoms with Gasteiger partial charge < -0.3 is 20.3 Å². The highest BCUT2D eigenvalue weighted by atomic mass is 16.5. The first-order valence-corrected chi connectivity index (χ1v) is 32.6. The van der Waals surface area contributed by atoms with Crippen LogP contribution in [0.2, 0.25) is 0 Å². The average Bonchev–Trinajstić information content (AvgIpc) is 3.38. The van der Waals surface area contributed by atoms with E-state index in [-0.39, 0.29) is 18.5 Å². The quantitative estimate of drug-likeness (QED) is 0.0320. The van der Waals surface area contributed by atoms with Gasteiger partial charge in [0.15, 0.2) is 0 Å². The number of carbonyl (C=O) groups is 2. The molecule has 1 amide bonds. The molecule has 6 heteroatoms. The van der Waals surface area contributed by atoms with Crippen LogP contribution in [0.5, 0.6) is 0 Å². The smallest absolute Gasteiger partial charge is 0.305 e. The van der Waals surface area contributed by atoms with Crippen molar-refractivity contribution in [1.29, 1.82) is 0 Å². The molecule has 0 aromatic rings. The van der Waals surface area contributed by atoms with Crippen molar-refractivity contribution in [3.63, 3.8) is 0 Å². The Morgan fingerprint density at radius 1 is 0.389 bits per heavy atom. The van der Waals surface area contributed by atoms with Gasteiger partial charge in [-0.3, -0.25) is 9.59 Å².